The molecule has 0 aliphatic carbocycles. The van der Waals surface area contributed by atoms with Crippen molar-refractivity contribution in [3.8, 4) is 0 Å². The highest BCUT2D eigenvalue weighted by Crippen LogP contribution is 2.15. The number of hydrogen-bond acceptors (Lipinski definition) is 6. The Bertz CT molecular complexity index is 1520. The van der Waals surface area contributed by atoms with Crippen molar-refractivity contribution < 1.29 is 28.6 Å². The van der Waals surface area contributed by atoms with Crippen LogP contribution in [-0.2, 0) is 28.6 Å². The van der Waals surface area contributed by atoms with E-state index in [2.05, 4.69) is 130 Å². The van der Waals surface area contributed by atoms with Gasteiger partial charge in [-0.2, -0.15) is 0 Å². The quantitative estimate of drug-likeness (QED) is 0.0261. The van der Waals surface area contributed by atoms with Gasteiger partial charge < -0.3 is 14.2 Å². The first-order chi connectivity index (χ1) is 37.0. The van der Waals surface area contributed by atoms with Crippen molar-refractivity contribution in [3.05, 3.63) is 109 Å². The van der Waals surface area contributed by atoms with E-state index in [0.29, 0.717) is 19.3 Å². The van der Waals surface area contributed by atoms with Crippen molar-refractivity contribution in [2.24, 2.45) is 0 Å². The molecule has 0 N–H and O–H groups in total. The highest BCUT2D eigenvalue weighted by molar-refractivity contribution is 5.71. The molecule has 1 atom stereocenters. The second-order valence-corrected chi connectivity index (χ2v) is 20.6. The lowest BCUT2D eigenvalue weighted by molar-refractivity contribution is -0.167. The Kier molecular flexibility index (Phi) is 59.3. The molecule has 0 bridgehead atoms. The molecule has 0 aromatic heterocycles. The van der Waals surface area contributed by atoms with Crippen LogP contribution < -0.4 is 0 Å². The molecule has 75 heavy (non-hydrogen) atoms. The molecule has 6 heteroatoms. The monoisotopic (exact) mass is 1040 g/mol. The van der Waals surface area contributed by atoms with Gasteiger partial charge >= 0.3 is 17.9 Å². The van der Waals surface area contributed by atoms with Gasteiger partial charge in [-0.15, -0.1) is 0 Å². The number of unbranched alkanes of at least 4 members (excludes halogenated alkanes) is 27. The molecule has 0 spiro atoms. The number of carbonyl (C=O) groups excluding carboxylic acids is 3. The summed E-state index contributed by atoms with van der Waals surface area (Å²) in [7, 11) is 0. The molecular weight excluding hydrogens is 925 g/mol. The summed E-state index contributed by atoms with van der Waals surface area (Å²) < 4.78 is 16.8. The van der Waals surface area contributed by atoms with E-state index < -0.39 is 6.10 Å². The zero-order chi connectivity index (χ0) is 54.3. The Morgan fingerprint density at radius 1 is 0.280 bits per heavy atom. The van der Waals surface area contributed by atoms with E-state index >= 15 is 0 Å². The van der Waals surface area contributed by atoms with E-state index in [-0.39, 0.29) is 31.1 Å². The summed E-state index contributed by atoms with van der Waals surface area (Å²) in [6, 6.07) is 0. The Hall–Kier alpha value is -3.93. The highest BCUT2D eigenvalue weighted by Gasteiger charge is 2.19. The largest absolute Gasteiger partial charge is 0.462 e. The van der Waals surface area contributed by atoms with Crippen molar-refractivity contribution >= 4 is 17.9 Å². The number of esters is 3. The van der Waals surface area contributed by atoms with Crippen molar-refractivity contribution in [1.29, 1.82) is 0 Å². The SMILES string of the molecule is CC/C=C\C/C=C\C/C=C\C/C=C\C/C=C\C/C=C\CCCCCCCCCCC(=O)OCC(COC(=O)CCCCCCC)OC(=O)CCCCCCCCCCCC/C=C\C/C=C\C/C=C\CCCCCCC. The average molecular weight is 1040 g/mol. The maximum absolute atomic E-state index is 12.8. The van der Waals surface area contributed by atoms with Crippen molar-refractivity contribution in [1.82, 2.24) is 0 Å². The Labute approximate surface area is 463 Å². The maximum atomic E-state index is 12.8. The summed E-state index contributed by atoms with van der Waals surface area (Å²) in [6.45, 7) is 6.43. The van der Waals surface area contributed by atoms with Gasteiger partial charge in [-0.05, 0) is 109 Å². The van der Waals surface area contributed by atoms with Crippen LogP contribution in [0.25, 0.3) is 0 Å². The third kappa shape index (κ3) is 60.8. The Balaban J connectivity index is 4.10. The molecule has 0 rings (SSSR count). The number of rotatable bonds is 56. The van der Waals surface area contributed by atoms with Crippen molar-refractivity contribution in [3.63, 3.8) is 0 Å². The van der Waals surface area contributed by atoms with Crippen LogP contribution in [0.15, 0.2) is 109 Å². The minimum absolute atomic E-state index is 0.0832. The summed E-state index contributed by atoms with van der Waals surface area (Å²) >= 11 is 0. The van der Waals surface area contributed by atoms with E-state index in [4.69, 9.17) is 14.2 Å². The lowest BCUT2D eigenvalue weighted by atomic mass is 10.0. The van der Waals surface area contributed by atoms with E-state index in [0.717, 1.165) is 122 Å². The van der Waals surface area contributed by atoms with Gasteiger partial charge in [0.1, 0.15) is 13.2 Å². The zero-order valence-electron chi connectivity index (χ0n) is 49.0. The van der Waals surface area contributed by atoms with Crippen LogP contribution in [0.5, 0.6) is 0 Å². The number of carbonyl (C=O) groups is 3. The van der Waals surface area contributed by atoms with Gasteiger partial charge in [0.25, 0.3) is 0 Å². The van der Waals surface area contributed by atoms with Gasteiger partial charge in [0.2, 0.25) is 0 Å². The number of hydrogen-bond donors (Lipinski definition) is 0. The van der Waals surface area contributed by atoms with Crippen LogP contribution in [0.2, 0.25) is 0 Å². The zero-order valence-corrected chi connectivity index (χ0v) is 49.0. The molecule has 0 saturated heterocycles. The molecule has 0 saturated carbocycles. The average Bonchev–Trinajstić information content (AvgIpc) is 3.41. The molecule has 1 unspecified atom stereocenters. The minimum Gasteiger partial charge on any atom is -0.462 e. The fourth-order valence-electron chi connectivity index (χ4n) is 8.57. The van der Waals surface area contributed by atoms with Crippen LogP contribution in [0.3, 0.4) is 0 Å². The van der Waals surface area contributed by atoms with Gasteiger partial charge in [-0.1, -0.05) is 271 Å². The van der Waals surface area contributed by atoms with Crippen molar-refractivity contribution in [2.75, 3.05) is 13.2 Å². The maximum Gasteiger partial charge on any atom is 0.306 e. The molecule has 0 heterocycles. The van der Waals surface area contributed by atoms with Crippen LogP contribution in [0.1, 0.15) is 290 Å². The number of allylic oxidation sites excluding steroid dienone is 18. The molecule has 0 fully saturated rings. The predicted molar refractivity (Wildman–Crippen MR) is 325 cm³/mol. The Morgan fingerprint density at radius 2 is 0.520 bits per heavy atom. The van der Waals surface area contributed by atoms with Gasteiger partial charge in [-0.25, -0.2) is 0 Å². The first-order valence-corrected chi connectivity index (χ1v) is 31.4. The van der Waals surface area contributed by atoms with E-state index in [1.54, 1.807) is 0 Å². The van der Waals surface area contributed by atoms with Crippen molar-refractivity contribution in [2.45, 2.75) is 297 Å². The fourth-order valence-corrected chi connectivity index (χ4v) is 8.57. The molecule has 0 aromatic rings. The molecule has 6 nitrogen and oxygen atoms in total. The third-order valence-corrected chi connectivity index (χ3v) is 13.3. The van der Waals surface area contributed by atoms with E-state index in [1.807, 2.05) is 0 Å². The molecule has 428 valence electrons. The second-order valence-electron chi connectivity index (χ2n) is 20.6. The van der Waals surface area contributed by atoms with Crippen LogP contribution in [-0.4, -0.2) is 37.2 Å². The topological polar surface area (TPSA) is 78.9 Å². The summed E-state index contributed by atoms with van der Waals surface area (Å²) in [5.74, 6) is -0.906. The van der Waals surface area contributed by atoms with Crippen LogP contribution in [0.4, 0.5) is 0 Å². The second kappa shape index (κ2) is 62.6. The third-order valence-electron chi connectivity index (χ3n) is 13.3. The van der Waals surface area contributed by atoms with Gasteiger partial charge in [0, 0.05) is 19.3 Å². The summed E-state index contributed by atoms with van der Waals surface area (Å²) in [4.78, 5) is 37.9. The molecule has 0 aliphatic rings. The molecular formula is C69H116O6. The molecule has 0 amide bonds. The summed E-state index contributed by atoms with van der Waals surface area (Å²) in [6.07, 6.45) is 85.6. The smallest absolute Gasteiger partial charge is 0.306 e. The highest BCUT2D eigenvalue weighted by atomic mass is 16.6. The fraction of sp³-hybridized carbons (Fsp3) is 0.696. The standard InChI is InChI=1S/C69H116O6/c1-4-7-10-13-15-17-19-21-23-25-27-29-31-33-34-36-37-39-41-43-45-47-49-51-53-56-59-62-68(71)74-65-66(64-73-67(70)61-58-55-12-9-6-3)75-69(72)63-60-57-54-52-50-48-46-44-42-40-38-35-32-30-28-26-24-22-20-18-16-14-11-8-5-2/h7,10,15,17,20-23,26-29,32-35,37,39,66H,4-6,8-9,11-14,16,18-19,24-25,30-31,36,38,40-65H2,1-3H3/b10-7-,17-15-,22-20-,23-21-,28-26-,29-27-,34-33-,35-32-,39-37-. The minimum atomic E-state index is -0.782. The lowest BCUT2D eigenvalue weighted by Crippen LogP contribution is -2.30. The van der Waals surface area contributed by atoms with Crippen LogP contribution >= 0.6 is 0 Å². The first-order valence-electron chi connectivity index (χ1n) is 31.4. The van der Waals surface area contributed by atoms with Gasteiger partial charge in [0.05, 0.1) is 0 Å². The first kappa shape index (κ1) is 71.1. The summed E-state index contributed by atoms with van der Waals surface area (Å²) in [5.41, 5.74) is 0. The summed E-state index contributed by atoms with van der Waals surface area (Å²) in [5, 5.41) is 0. The Morgan fingerprint density at radius 3 is 0.813 bits per heavy atom. The molecule has 0 aromatic carbocycles. The van der Waals surface area contributed by atoms with Gasteiger partial charge in [-0.3, -0.25) is 14.4 Å². The molecule has 0 radical (unpaired) electrons. The van der Waals surface area contributed by atoms with Crippen LogP contribution in [0, 0.1) is 0 Å². The predicted octanol–water partition coefficient (Wildman–Crippen LogP) is 21.4. The lowest BCUT2D eigenvalue weighted by Gasteiger charge is -2.18. The van der Waals surface area contributed by atoms with E-state index in [1.165, 1.54) is 128 Å². The van der Waals surface area contributed by atoms with E-state index in [9.17, 15) is 14.4 Å². The van der Waals surface area contributed by atoms with Gasteiger partial charge in [0.15, 0.2) is 6.10 Å². The normalized spacial score (nSPS) is 12.8. The number of ether oxygens (including phenoxy) is 3. The molecule has 0 aliphatic heterocycles.